The van der Waals surface area contributed by atoms with Crippen LogP contribution in [0.2, 0.25) is 0 Å². The number of carbonyl (C=O) groups is 2. The molecular formula is C17H17N3O5S. The van der Waals surface area contributed by atoms with E-state index in [0.717, 1.165) is 0 Å². The van der Waals surface area contributed by atoms with E-state index in [4.69, 9.17) is 14.2 Å². The molecule has 0 aliphatic carbocycles. The molecule has 2 aromatic rings. The van der Waals surface area contributed by atoms with Crippen LogP contribution >= 0.6 is 11.8 Å². The molecule has 1 N–H and O–H groups in total. The Kier molecular flexibility index (Phi) is 5.57. The van der Waals surface area contributed by atoms with E-state index in [-0.39, 0.29) is 34.2 Å². The van der Waals surface area contributed by atoms with Crippen LogP contribution in [0.3, 0.4) is 0 Å². The maximum atomic E-state index is 12.6. The number of para-hydroxylation sites is 1. The van der Waals surface area contributed by atoms with Gasteiger partial charge < -0.3 is 19.5 Å². The molecule has 9 heteroatoms. The Morgan fingerprint density at radius 2 is 1.88 bits per heavy atom. The van der Waals surface area contributed by atoms with Gasteiger partial charge in [0.1, 0.15) is 5.75 Å². The van der Waals surface area contributed by atoms with E-state index in [1.807, 2.05) is 0 Å². The van der Waals surface area contributed by atoms with Crippen molar-refractivity contribution in [2.24, 2.45) is 0 Å². The van der Waals surface area contributed by atoms with Crippen molar-refractivity contribution in [2.45, 2.75) is 12.5 Å². The highest BCUT2D eigenvalue weighted by molar-refractivity contribution is 8.14. The van der Waals surface area contributed by atoms with Crippen LogP contribution in [0.15, 0.2) is 30.3 Å². The first-order chi connectivity index (χ1) is 12.6. The number of nitrogens with one attached hydrogen (secondary N) is 1. The molecule has 0 radical (unpaired) electrons. The smallest absolute Gasteiger partial charge is 0.328 e. The van der Waals surface area contributed by atoms with Crippen molar-refractivity contribution >= 4 is 22.8 Å². The van der Waals surface area contributed by atoms with Crippen molar-refractivity contribution < 1.29 is 23.8 Å². The standard InChI is InChI=1S/C17H17N3O5S/c1-23-13-9-14(24-2)20-17(19-13)25-12-6-4-3-5-10(12)15(21)18-11-7-8-26-16(11)22/h3-6,9,11H,7-8H2,1-2H3,(H,18,21). The third kappa shape index (κ3) is 4.05. The number of thioether (sulfide) groups is 1. The zero-order valence-electron chi connectivity index (χ0n) is 14.2. The molecule has 1 unspecified atom stereocenters. The van der Waals surface area contributed by atoms with Gasteiger partial charge in [0.25, 0.3) is 5.91 Å². The minimum absolute atomic E-state index is 0.0195. The topological polar surface area (TPSA) is 99.6 Å². The molecule has 1 aliphatic rings. The number of carbonyl (C=O) groups excluding carboxylic acids is 2. The number of aromatic nitrogens is 2. The zero-order valence-corrected chi connectivity index (χ0v) is 15.0. The zero-order chi connectivity index (χ0) is 18.5. The quantitative estimate of drug-likeness (QED) is 0.819. The number of nitrogens with zero attached hydrogens (tertiary/aromatic N) is 2. The molecule has 1 saturated heterocycles. The normalized spacial score (nSPS) is 16.2. The lowest BCUT2D eigenvalue weighted by atomic mass is 10.1. The Morgan fingerprint density at radius 1 is 1.19 bits per heavy atom. The number of amides is 1. The van der Waals surface area contributed by atoms with Crippen LogP contribution in [0.1, 0.15) is 16.8 Å². The Labute approximate surface area is 154 Å². The molecule has 3 rings (SSSR count). The minimum atomic E-state index is -0.478. The molecule has 1 aliphatic heterocycles. The van der Waals surface area contributed by atoms with Gasteiger partial charge in [0.15, 0.2) is 0 Å². The highest BCUT2D eigenvalue weighted by Gasteiger charge is 2.28. The van der Waals surface area contributed by atoms with Crippen LogP contribution in [0.25, 0.3) is 0 Å². The van der Waals surface area contributed by atoms with Crippen molar-refractivity contribution in [3.8, 4) is 23.5 Å². The Hall–Kier alpha value is -2.81. The van der Waals surface area contributed by atoms with Crippen LogP contribution in [0.4, 0.5) is 0 Å². The van der Waals surface area contributed by atoms with Gasteiger partial charge in [-0.1, -0.05) is 23.9 Å². The summed E-state index contributed by atoms with van der Waals surface area (Å²) in [5.41, 5.74) is 0.280. The summed E-state index contributed by atoms with van der Waals surface area (Å²) in [5.74, 6) is 1.11. The molecule has 1 amide bonds. The predicted molar refractivity (Wildman–Crippen MR) is 95.0 cm³/mol. The average Bonchev–Trinajstić information content (AvgIpc) is 3.06. The number of hydrogen-bond donors (Lipinski definition) is 1. The maximum absolute atomic E-state index is 12.6. The molecule has 0 saturated carbocycles. The van der Waals surface area contributed by atoms with Gasteiger partial charge in [-0.3, -0.25) is 9.59 Å². The van der Waals surface area contributed by atoms with Crippen LogP contribution in [-0.2, 0) is 4.79 Å². The molecule has 26 heavy (non-hydrogen) atoms. The Morgan fingerprint density at radius 3 is 2.50 bits per heavy atom. The molecule has 1 aromatic heterocycles. The monoisotopic (exact) mass is 375 g/mol. The molecule has 8 nitrogen and oxygen atoms in total. The fraction of sp³-hybridized carbons (Fsp3) is 0.294. The van der Waals surface area contributed by atoms with Gasteiger partial charge in [0, 0.05) is 5.75 Å². The molecule has 0 bridgehead atoms. The van der Waals surface area contributed by atoms with Crippen LogP contribution in [0.5, 0.6) is 23.5 Å². The molecule has 136 valence electrons. The summed E-state index contributed by atoms with van der Waals surface area (Å²) in [6.07, 6.45) is 0.620. The van der Waals surface area contributed by atoms with Gasteiger partial charge in [-0.25, -0.2) is 0 Å². The van der Waals surface area contributed by atoms with E-state index in [2.05, 4.69) is 15.3 Å². The van der Waals surface area contributed by atoms with E-state index >= 15 is 0 Å². The van der Waals surface area contributed by atoms with Crippen LogP contribution in [0, 0.1) is 0 Å². The van der Waals surface area contributed by atoms with Gasteiger partial charge in [-0.2, -0.15) is 9.97 Å². The summed E-state index contributed by atoms with van der Waals surface area (Å²) in [6, 6.07) is 7.67. The fourth-order valence-electron chi connectivity index (χ4n) is 2.34. The van der Waals surface area contributed by atoms with E-state index in [0.29, 0.717) is 12.2 Å². The fourth-order valence-corrected chi connectivity index (χ4v) is 3.28. The first-order valence-electron chi connectivity index (χ1n) is 7.82. The van der Waals surface area contributed by atoms with Crippen LogP contribution in [-0.4, -0.2) is 47.0 Å². The summed E-state index contributed by atoms with van der Waals surface area (Å²) in [7, 11) is 2.92. The first-order valence-corrected chi connectivity index (χ1v) is 8.80. The predicted octanol–water partition coefficient (Wildman–Crippen LogP) is 2.05. The molecule has 2 heterocycles. The van der Waals surface area contributed by atoms with Crippen molar-refractivity contribution in [1.82, 2.24) is 15.3 Å². The number of rotatable bonds is 6. The van der Waals surface area contributed by atoms with E-state index in [1.165, 1.54) is 32.0 Å². The second-order valence-electron chi connectivity index (χ2n) is 5.32. The lowest BCUT2D eigenvalue weighted by Crippen LogP contribution is -2.37. The summed E-state index contributed by atoms with van der Waals surface area (Å²) >= 11 is 1.22. The summed E-state index contributed by atoms with van der Waals surface area (Å²) in [4.78, 5) is 32.5. The molecule has 1 aromatic carbocycles. The molecule has 1 fully saturated rings. The Bertz CT molecular complexity index is 808. The van der Waals surface area contributed by atoms with Gasteiger partial charge in [-0.15, -0.1) is 0 Å². The van der Waals surface area contributed by atoms with E-state index < -0.39 is 11.9 Å². The second kappa shape index (κ2) is 8.05. The van der Waals surface area contributed by atoms with Crippen LogP contribution < -0.4 is 19.5 Å². The minimum Gasteiger partial charge on any atom is -0.481 e. The SMILES string of the molecule is COc1cc(OC)nc(Oc2ccccc2C(=O)NC2CCSC2=O)n1. The summed E-state index contributed by atoms with van der Waals surface area (Å²) in [6.45, 7) is 0. The lowest BCUT2D eigenvalue weighted by molar-refractivity contribution is -0.112. The van der Waals surface area contributed by atoms with Crippen molar-refractivity contribution in [1.29, 1.82) is 0 Å². The highest BCUT2D eigenvalue weighted by Crippen LogP contribution is 2.27. The lowest BCUT2D eigenvalue weighted by Gasteiger charge is -2.13. The first kappa shape index (κ1) is 18.0. The third-order valence-electron chi connectivity index (χ3n) is 3.65. The van der Waals surface area contributed by atoms with Gasteiger partial charge in [0.05, 0.1) is 31.9 Å². The van der Waals surface area contributed by atoms with Crippen molar-refractivity contribution in [2.75, 3.05) is 20.0 Å². The maximum Gasteiger partial charge on any atom is 0.328 e. The molecule has 0 spiro atoms. The van der Waals surface area contributed by atoms with Crippen molar-refractivity contribution in [3.05, 3.63) is 35.9 Å². The number of ether oxygens (including phenoxy) is 3. The average molecular weight is 375 g/mol. The van der Waals surface area contributed by atoms with Crippen molar-refractivity contribution in [3.63, 3.8) is 0 Å². The third-order valence-corrected chi connectivity index (χ3v) is 4.66. The van der Waals surface area contributed by atoms with Gasteiger partial charge in [-0.05, 0) is 18.6 Å². The van der Waals surface area contributed by atoms with E-state index in [1.54, 1.807) is 24.3 Å². The summed E-state index contributed by atoms with van der Waals surface area (Å²) in [5, 5.41) is 2.71. The summed E-state index contributed by atoms with van der Waals surface area (Å²) < 4.78 is 15.8. The highest BCUT2D eigenvalue weighted by atomic mass is 32.2. The second-order valence-corrected chi connectivity index (χ2v) is 6.41. The number of methoxy groups -OCH3 is 2. The molecular weight excluding hydrogens is 358 g/mol. The molecule has 1 atom stereocenters. The largest absolute Gasteiger partial charge is 0.481 e. The Balaban J connectivity index is 1.83. The number of hydrogen-bond acceptors (Lipinski definition) is 8. The number of benzene rings is 1. The van der Waals surface area contributed by atoms with Gasteiger partial charge in [0.2, 0.25) is 16.9 Å². The van der Waals surface area contributed by atoms with Gasteiger partial charge >= 0.3 is 6.01 Å². The van der Waals surface area contributed by atoms with E-state index in [9.17, 15) is 9.59 Å².